The van der Waals surface area contributed by atoms with Crippen molar-refractivity contribution in [3.63, 3.8) is 0 Å². The van der Waals surface area contributed by atoms with Crippen LogP contribution in [0.2, 0.25) is 0 Å². The summed E-state index contributed by atoms with van der Waals surface area (Å²) in [7, 11) is 0. The third-order valence-electron chi connectivity index (χ3n) is 3.57. The summed E-state index contributed by atoms with van der Waals surface area (Å²) in [6, 6.07) is 3.80. The van der Waals surface area contributed by atoms with Crippen LogP contribution in [0.3, 0.4) is 0 Å². The van der Waals surface area contributed by atoms with Gasteiger partial charge in [0.2, 0.25) is 0 Å². The average Bonchev–Trinajstić information content (AvgIpc) is 2.83. The summed E-state index contributed by atoms with van der Waals surface area (Å²) in [6.07, 6.45) is 1.39. The molecule has 0 saturated heterocycles. The predicted octanol–water partition coefficient (Wildman–Crippen LogP) is 3.05. The molecular formula is C18H24N2O4. The summed E-state index contributed by atoms with van der Waals surface area (Å²) in [5, 5.41) is 21.6. The lowest BCUT2D eigenvalue weighted by atomic mass is 9.97. The summed E-state index contributed by atoms with van der Waals surface area (Å²) in [5.41, 5.74) is 0.969. The number of oxazole rings is 1. The minimum absolute atomic E-state index is 0.130. The maximum Gasteiger partial charge on any atom is 0.251 e. The number of benzene rings is 1. The molecule has 2 aromatic rings. The molecule has 0 spiro atoms. The number of carbonyl (C=O) groups excluding carboxylic acids is 1. The highest BCUT2D eigenvalue weighted by Gasteiger charge is 2.22. The van der Waals surface area contributed by atoms with Crippen LogP contribution in [0, 0.1) is 6.92 Å². The lowest BCUT2D eigenvalue weighted by Gasteiger charge is -2.12. The fraction of sp³-hybridized carbons (Fsp3) is 0.444. The molecule has 0 saturated carbocycles. The Kier molecular flexibility index (Phi) is 5.17. The molecule has 0 aliphatic heterocycles. The molecule has 0 aliphatic rings. The smallest absolute Gasteiger partial charge is 0.251 e. The number of nitrogens with one attached hydrogen (secondary N) is 1. The fourth-order valence-electron chi connectivity index (χ4n) is 2.26. The molecule has 1 amide bonds. The van der Waals surface area contributed by atoms with E-state index < -0.39 is 0 Å². The molecule has 1 aromatic carbocycles. The number of aryl methyl sites for hydroxylation is 2. The van der Waals surface area contributed by atoms with E-state index in [0.29, 0.717) is 25.3 Å². The summed E-state index contributed by atoms with van der Waals surface area (Å²) < 4.78 is 5.81. The molecule has 0 fully saturated rings. The Morgan fingerprint density at radius 1 is 1.21 bits per heavy atom. The van der Waals surface area contributed by atoms with E-state index in [2.05, 4.69) is 10.3 Å². The van der Waals surface area contributed by atoms with E-state index in [1.165, 1.54) is 18.2 Å². The molecule has 0 aliphatic carbocycles. The van der Waals surface area contributed by atoms with Gasteiger partial charge in [-0.05, 0) is 25.5 Å². The van der Waals surface area contributed by atoms with Crippen molar-refractivity contribution in [2.24, 2.45) is 0 Å². The van der Waals surface area contributed by atoms with Crippen molar-refractivity contribution in [3.8, 4) is 11.5 Å². The monoisotopic (exact) mass is 332 g/mol. The van der Waals surface area contributed by atoms with Gasteiger partial charge in [0.15, 0.2) is 5.89 Å². The Balaban J connectivity index is 1.87. The Morgan fingerprint density at radius 2 is 1.83 bits per heavy atom. The first-order valence-corrected chi connectivity index (χ1v) is 7.95. The van der Waals surface area contributed by atoms with Gasteiger partial charge in [0.25, 0.3) is 5.91 Å². The van der Waals surface area contributed by atoms with Gasteiger partial charge in [0, 0.05) is 30.0 Å². The van der Waals surface area contributed by atoms with Gasteiger partial charge in [-0.1, -0.05) is 20.8 Å². The highest BCUT2D eigenvalue weighted by atomic mass is 16.4. The highest BCUT2D eigenvalue weighted by Crippen LogP contribution is 2.24. The molecule has 130 valence electrons. The van der Waals surface area contributed by atoms with Crippen LogP contribution < -0.4 is 5.32 Å². The maximum absolute atomic E-state index is 12.0. The number of phenolic OH excluding ortho intramolecular Hbond substituents is 2. The Morgan fingerprint density at radius 3 is 2.38 bits per heavy atom. The van der Waals surface area contributed by atoms with Gasteiger partial charge in [0.1, 0.15) is 17.3 Å². The van der Waals surface area contributed by atoms with Gasteiger partial charge >= 0.3 is 0 Å². The van der Waals surface area contributed by atoms with Crippen LogP contribution in [-0.2, 0) is 11.8 Å². The minimum Gasteiger partial charge on any atom is -0.508 e. The van der Waals surface area contributed by atoms with E-state index in [0.717, 1.165) is 11.5 Å². The molecule has 0 atom stereocenters. The second-order valence-electron chi connectivity index (χ2n) is 6.88. The summed E-state index contributed by atoms with van der Waals surface area (Å²) in [6.45, 7) is 8.52. The van der Waals surface area contributed by atoms with Gasteiger partial charge in [0.05, 0.1) is 5.69 Å². The zero-order valence-electron chi connectivity index (χ0n) is 14.5. The van der Waals surface area contributed by atoms with Crippen molar-refractivity contribution >= 4 is 5.91 Å². The number of aromatic nitrogens is 1. The maximum atomic E-state index is 12.0. The summed E-state index contributed by atoms with van der Waals surface area (Å²) in [5.74, 6) is 0.920. The van der Waals surface area contributed by atoms with Gasteiger partial charge in [-0.15, -0.1) is 0 Å². The predicted molar refractivity (Wildman–Crippen MR) is 90.4 cm³/mol. The van der Waals surface area contributed by atoms with Gasteiger partial charge in [-0.25, -0.2) is 4.98 Å². The molecule has 0 radical (unpaired) electrons. The molecule has 2 rings (SSSR count). The van der Waals surface area contributed by atoms with E-state index in [1.54, 1.807) is 0 Å². The van der Waals surface area contributed by atoms with E-state index in [-0.39, 0.29) is 28.4 Å². The minimum atomic E-state index is -0.342. The number of nitrogens with zero attached hydrogens (tertiary/aromatic N) is 1. The number of aromatic hydroxyl groups is 2. The third-order valence-corrected chi connectivity index (χ3v) is 3.57. The molecule has 1 heterocycles. The van der Waals surface area contributed by atoms with Crippen LogP contribution in [0.4, 0.5) is 0 Å². The van der Waals surface area contributed by atoms with Crippen molar-refractivity contribution in [1.29, 1.82) is 0 Å². The molecule has 3 N–H and O–H groups in total. The van der Waals surface area contributed by atoms with E-state index in [4.69, 9.17) is 4.42 Å². The second-order valence-corrected chi connectivity index (χ2v) is 6.88. The molecule has 0 unspecified atom stereocenters. The van der Waals surface area contributed by atoms with Crippen LogP contribution in [0.5, 0.6) is 11.5 Å². The lowest BCUT2D eigenvalue weighted by molar-refractivity contribution is 0.0952. The normalized spacial score (nSPS) is 11.5. The average molecular weight is 332 g/mol. The van der Waals surface area contributed by atoms with Crippen molar-refractivity contribution in [1.82, 2.24) is 10.3 Å². The Bertz CT molecular complexity index is 709. The SMILES string of the molecule is Cc1nc(C(C)(C)C)oc1CCCNC(=O)c1cc(O)cc(O)c1. The highest BCUT2D eigenvalue weighted by molar-refractivity contribution is 5.95. The van der Waals surface area contributed by atoms with Crippen LogP contribution in [0.15, 0.2) is 22.6 Å². The second kappa shape index (κ2) is 6.95. The van der Waals surface area contributed by atoms with Crippen LogP contribution in [-0.4, -0.2) is 27.6 Å². The quantitative estimate of drug-likeness (QED) is 0.731. The first-order valence-electron chi connectivity index (χ1n) is 7.95. The largest absolute Gasteiger partial charge is 0.508 e. The van der Waals surface area contributed by atoms with Crippen molar-refractivity contribution in [2.45, 2.75) is 46.0 Å². The number of hydrogen-bond donors (Lipinski definition) is 3. The van der Waals surface area contributed by atoms with Crippen molar-refractivity contribution in [3.05, 3.63) is 41.1 Å². The topological polar surface area (TPSA) is 95.6 Å². The van der Waals surface area contributed by atoms with Crippen molar-refractivity contribution < 1.29 is 19.4 Å². The summed E-state index contributed by atoms with van der Waals surface area (Å²) >= 11 is 0. The zero-order valence-corrected chi connectivity index (χ0v) is 14.5. The molecule has 1 aromatic heterocycles. The number of carbonyl (C=O) groups is 1. The first-order chi connectivity index (χ1) is 11.2. The van der Waals surface area contributed by atoms with Gasteiger partial charge in [-0.2, -0.15) is 0 Å². The zero-order chi connectivity index (χ0) is 17.9. The molecular weight excluding hydrogens is 308 g/mol. The van der Waals surface area contributed by atoms with Gasteiger partial charge < -0.3 is 19.9 Å². The molecule has 6 nitrogen and oxygen atoms in total. The fourth-order valence-corrected chi connectivity index (χ4v) is 2.26. The van der Waals surface area contributed by atoms with E-state index >= 15 is 0 Å². The number of amides is 1. The van der Waals surface area contributed by atoms with Crippen LogP contribution in [0.25, 0.3) is 0 Å². The third kappa shape index (κ3) is 4.50. The van der Waals surface area contributed by atoms with Gasteiger partial charge in [-0.3, -0.25) is 4.79 Å². The summed E-state index contributed by atoms with van der Waals surface area (Å²) in [4.78, 5) is 16.4. The van der Waals surface area contributed by atoms with E-state index in [1.807, 2.05) is 27.7 Å². The first kappa shape index (κ1) is 17.8. The molecule has 24 heavy (non-hydrogen) atoms. The number of rotatable bonds is 5. The lowest BCUT2D eigenvalue weighted by Crippen LogP contribution is -2.24. The molecule has 6 heteroatoms. The van der Waals surface area contributed by atoms with E-state index in [9.17, 15) is 15.0 Å². The number of phenols is 2. The Hall–Kier alpha value is -2.50. The van der Waals surface area contributed by atoms with Crippen LogP contribution in [0.1, 0.15) is 54.9 Å². The Labute approximate surface area is 141 Å². The molecule has 0 bridgehead atoms. The number of hydrogen-bond acceptors (Lipinski definition) is 5. The van der Waals surface area contributed by atoms with Crippen LogP contribution >= 0.6 is 0 Å². The van der Waals surface area contributed by atoms with Crippen molar-refractivity contribution in [2.75, 3.05) is 6.54 Å². The standard InChI is InChI=1S/C18H24N2O4/c1-11-15(24-17(20-11)18(2,3)4)6-5-7-19-16(23)12-8-13(21)10-14(22)9-12/h8-10,21-22H,5-7H2,1-4H3,(H,19,23).